The van der Waals surface area contributed by atoms with E-state index in [4.69, 9.17) is 10.5 Å². The number of nitrogens with one attached hydrogen (secondary N) is 1. The van der Waals surface area contributed by atoms with Crippen molar-refractivity contribution in [3.8, 4) is 0 Å². The van der Waals surface area contributed by atoms with Gasteiger partial charge in [-0.05, 0) is 6.92 Å². The number of nitrogens with two attached hydrogens (primary N) is 1. The second-order valence-corrected chi connectivity index (χ2v) is 3.18. The molecule has 14 heavy (non-hydrogen) atoms. The summed E-state index contributed by atoms with van der Waals surface area (Å²) in [5.74, 6) is -0.362. The molecule has 0 aromatic carbocycles. The van der Waals surface area contributed by atoms with E-state index in [0.29, 0.717) is 26.3 Å². The summed E-state index contributed by atoms with van der Waals surface area (Å²) in [5, 5.41) is 2.06. The SMILES string of the molecule is CC(C(=O)NC(N)=O)N1CCOCC1. The highest BCUT2D eigenvalue weighted by molar-refractivity contribution is 5.96. The standard InChI is InChI=1S/C8H15N3O3/c1-6(7(12)10-8(9)13)11-2-4-14-5-3-11/h6H,2-5H2,1H3,(H3,9,10,12,13). The van der Waals surface area contributed by atoms with Crippen LogP contribution in [0.25, 0.3) is 0 Å². The largest absolute Gasteiger partial charge is 0.379 e. The summed E-state index contributed by atoms with van der Waals surface area (Å²) < 4.78 is 5.15. The molecule has 1 unspecified atom stereocenters. The van der Waals surface area contributed by atoms with Crippen LogP contribution < -0.4 is 11.1 Å². The summed E-state index contributed by atoms with van der Waals surface area (Å²) in [6, 6.07) is -1.15. The van der Waals surface area contributed by atoms with Crippen molar-refractivity contribution in [2.75, 3.05) is 26.3 Å². The van der Waals surface area contributed by atoms with E-state index >= 15 is 0 Å². The van der Waals surface area contributed by atoms with E-state index in [1.54, 1.807) is 6.92 Å². The van der Waals surface area contributed by atoms with Crippen LogP contribution in [0.5, 0.6) is 0 Å². The van der Waals surface area contributed by atoms with Crippen molar-refractivity contribution in [1.82, 2.24) is 10.2 Å². The Bertz CT molecular complexity index is 226. The van der Waals surface area contributed by atoms with Gasteiger partial charge in [-0.15, -0.1) is 0 Å². The van der Waals surface area contributed by atoms with Gasteiger partial charge in [-0.25, -0.2) is 4.79 Å². The number of rotatable bonds is 2. The van der Waals surface area contributed by atoms with Gasteiger partial charge >= 0.3 is 6.03 Å². The highest BCUT2D eigenvalue weighted by Gasteiger charge is 2.23. The second kappa shape index (κ2) is 4.92. The Hall–Kier alpha value is -1.14. The molecule has 0 bridgehead atoms. The lowest BCUT2D eigenvalue weighted by Crippen LogP contribution is -2.51. The molecule has 0 aromatic rings. The van der Waals surface area contributed by atoms with Gasteiger partial charge in [0.2, 0.25) is 5.91 Å². The quantitative estimate of drug-likeness (QED) is 0.594. The highest BCUT2D eigenvalue weighted by atomic mass is 16.5. The molecule has 0 aliphatic carbocycles. The average molecular weight is 201 g/mol. The predicted octanol–water partition coefficient (Wildman–Crippen LogP) is -1.10. The number of urea groups is 1. The van der Waals surface area contributed by atoms with Crippen molar-refractivity contribution in [2.45, 2.75) is 13.0 Å². The van der Waals surface area contributed by atoms with Crippen molar-refractivity contribution in [1.29, 1.82) is 0 Å². The van der Waals surface area contributed by atoms with Crippen molar-refractivity contribution >= 4 is 11.9 Å². The van der Waals surface area contributed by atoms with Crippen LogP contribution >= 0.6 is 0 Å². The number of amides is 3. The molecule has 0 saturated carbocycles. The van der Waals surface area contributed by atoms with Gasteiger partial charge in [-0.3, -0.25) is 15.0 Å². The fourth-order valence-electron chi connectivity index (χ4n) is 1.36. The summed E-state index contributed by atoms with van der Waals surface area (Å²) >= 11 is 0. The molecule has 3 amide bonds. The van der Waals surface area contributed by atoms with Gasteiger partial charge in [0.25, 0.3) is 0 Å². The maximum absolute atomic E-state index is 11.4. The van der Waals surface area contributed by atoms with Crippen molar-refractivity contribution < 1.29 is 14.3 Å². The van der Waals surface area contributed by atoms with Gasteiger partial charge < -0.3 is 10.5 Å². The number of primary amides is 1. The summed E-state index contributed by atoms with van der Waals surface area (Å²) in [5.41, 5.74) is 4.85. The number of nitrogens with zero attached hydrogens (tertiary/aromatic N) is 1. The van der Waals surface area contributed by atoms with Crippen LogP contribution in [-0.2, 0) is 9.53 Å². The second-order valence-electron chi connectivity index (χ2n) is 3.18. The molecular formula is C8H15N3O3. The molecule has 6 nitrogen and oxygen atoms in total. The van der Waals surface area contributed by atoms with Crippen LogP contribution in [0.15, 0.2) is 0 Å². The minimum absolute atomic E-state index is 0.341. The van der Waals surface area contributed by atoms with E-state index < -0.39 is 6.03 Å². The molecule has 6 heteroatoms. The zero-order chi connectivity index (χ0) is 10.6. The molecule has 1 heterocycles. The Balaban J connectivity index is 2.41. The third-order valence-electron chi connectivity index (χ3n) is 2.22. The van der Waals surface area contributed by atoms with Gasteiger partial charge in [0, 0.05) is 13.1 Å². The topological polar surface area (TPSA) is 84.7 Å². The van der Waals surface area contributed by atoms with Crippen LogP contribution in [0.3, 0.4) is 0 Å². The molecular weight excluding hydrogens is 186 g/mol. The molecule has 0 aromatic heterocycles. The first kappa shape index (κ1) is 10.9. The van der Waals surface area contributed by atoms with Crippen molar-refractivity contribution in [3.05, 3.63) is 0 Å². The summed E-state index contributed by atoms with van der Waals surface area (Å²) in [4.78, 5) is 23.7. The van der Waals surface area contributed by atoms with Gasteiger partial charge in [0.1, 0.15) is 0 Å². The number of carbonyl (C=O) groups excluding carboxylic acids is 2. The van der Waals surface area contributed by atoms with E-state index in [1.165, 1.54) is 0 Å². The lowest BCUT2D eigenvalue weighted by atomic mass is 10.2. The summed E-state index contributed by atoms with van der Waals surface area (Å²) in [6.07, 6.45) is 0. The highest BCUT2D eigenvalue weighted by Crippen LogP contribution is 2.03. The first-order valence-corrected chi connectivity index (χ1v) is 4.53. The number of imide groups is 1. The Morgan fingerprint density at radius 2 is 2.00 bits per heavy atom. The zero-order valence-electron chi connectivity index (χ0n) is 8.16. The lowest BCUT2D eigenvalue weighted by Gasteiger charge is -2.30. The Kier molecular flexibility index (Phi) is 3.84. The van der Waals surface area contributed by atoms with E-state index in [1.807, 2.05) is 4.90 Å². The molecule has 1 fully saturated rings. The summed E-state index contributed by atoms with van der Waals surface area (Å²) in [6.45, 7) is 4.38. The summed E-state index contributed by atoms with van der Waals surface area (Å²) in [7, 11) is 0. The maximum atomic E-state index is 11.4. The molecule has 1 atom stereocenters. The molecule has 1 aliphatic rings. The number of hydrogen-bond donors (Lipinski definition) is 2. The fraction of sp³-hybridized carbons (Fsp3) is 0.750. The molecule has 3 N–H and O–H groups in total. The first-order chi connectivity index (χ1) is 6.61. The molecule has 1 rings (SSSR count). The maximum Gasteiger partial charge on any atom is 0.318 e. The first-order valence-electron chi connectivity index (χ1n) is 4.53. The molecule has 0 spiro atoms. The minimum atomic E-state index is -0.810. The van der Waals surface area contributed by atoms with E-state index in [0.717, 1.165) is 0 Å². The fourth-order valence-corrected chi connectivity index (χ4v) is 1.36. The molecule has 80 valence electrons. The van der Waals surface area contributed by atoms with Gasteiger partial charge in [-0.1, -0.05) is 0 Å². The van der Waals surface area contributed by atoms with Crippen molar-refractivity contribution in [2.24, 2.45) is 5.73 Å². The number of ether oxygens (including phenoxy) is 1. The number of carbonyl (C=O) groups is 2. The lowest BCUT2D eigenvalue weighted by molar-refractivity contribution is -0.126. The van der Waals surface area contributed by atoms with Crippen LogP contribution in [0.1, 0.15) is 6.92 Å². The Labute approximate surface area is 82.4 Å². The van der Waals surface area contributed by atoms with Gasteiger partial charge in [0.15, 0.2) is 0 Å². The third-order valence-corrected chi connectivity index (χ3v) is 2.22. The van der Waals surface area contributed by atoms with Crippen LogP contribution in [0.4, 0.5) is 4.79 Å². The zero-order valence-corrected chi connectivity index (χ0v) is 8.16. The minimum Gasteiger partial charge on any atom is -0.379 e. The van der Waals surface area contributed by atoms with Crippen LogP contribution in [0.2, 0.25) is 0 Å². The van der Waals surface area contributed by atoms with Gasteiger partial charge in [0.05, 0.1) is 19.3 Å². The normalized spacial score (nSPS) is 20.1. The molecule has 1 saturated heterocycles. The van der Waals surface area contributed by atoms with E-state index in [-0.39, 0.29) is 11.9 Å². The molecule has 1 aliphatic heterocycles. The smallest absolute Gasteiger partial charge is 0.318 e. The Morgan fingerprint density at radius 3 is 2.50 bits per heavy atom. The van der Waals surface area contributed by atoms with E-state index in [9.17, 15) is 9.59 Å². The number of morpholine rings is 1. The molecule has 0 radical (unpaired) electrons. The van der Waals surface area contributed by atoms with E-state index in [2.05, 4.69) is 5.32 Å². The monoisotopic (exact) mass is 201 g/mol. The average Bonchev–Trinajstić information content (AvgIpc) is 2.17. The van der Waals surface area contributed by atoms with Crippen LogP contribution in [-0.4, -0.2) is 49.2 Å². The van der Waals surface area contributed by atoms with Crippen molar-refractivity contribution in [3.63, 3.8) is 0 Å². The predicted molar refractivity (Wildman–Crippen MR) is 49.6 cm³/mol. The Morgan fingerprint density at radius 1 is 1.43 bits per heavy atom. The number of hydrogen-bond acceptors (Lipinski definition) is 4. The van der Waals surface area contributed by atoms with Gasteiger partial charge in [-0.2, -0.15) is 0 Å². The third kappa shape index (κ3) is 2.97. The van der Waals surface area contributed by atoms with Crippen LogP contribution in [0, 0.1) is 0 Å².